The lowest BCUT2D eigenvalue weighted by molar-refractivity contribution is 0.0976. The van der Waals surface area contributed by atoms with Gasteiger partial charge in [-0.25, -0.2) is 0 Å². The number of hydrogen-bond acceptors (Lipinski definition) is 1. The molecular formula is C18H30ClN. The van der Waals surface area contributed by atoms with Gasteiger partial charge in [-0.1, -0.05) is 44.2 Å². The van der Waals surface area contributed by atoms with Crippen molar-refractivity contribution in [2.24, 2.45) is 17.3 Å². The third-order valence-corrected chi connectivity index (χ3v) is 4.61. The number of hydrogen-bond donors (Lipinski definition) is 0. The van der Waals surface area contributed by atoms with Crippen LogP contribution in [0.15, 0.2) is 30.3 Å². The summed E-state index contributed by atoms with van der Waals surface area (Å²) >= 11 is 0. The lowest BCUT2D eigenvalue weighted by Gasteiger charge is -2.42. The van der Waals surface area contributed by atoms with Gasteiger partial charge in [0, 0.05) is 6.54 Å². The fourth-order valence-corrected chi connectivity index (χ4v) is 3.66. The molecule has 1 aromatic carbocycles. The Morgan fingerprint density at radius 2 is 1.75 bits per heavy atom. The van der Waals surface area contributed by atoms with Gasteiger partial charge in [-0.3, -0.25) is 0 Å². The van der Waals surface area contributed by atoms with E-state index in [9.17, 15) is 0 Å². The number of halogens is 1. The van der Waals surface area contributed by atoms with E-state index in [1.165, 1.54) is 37.8 Å². The molecule has 0 radical (unpaired) electrons. The van der Waals surface area contributed by atoms with Crippen LogP contribution in [0.3, 0.4) is 0 Å². The van der Waals surface area contributed by atoms with Gasteiger partial charge in [0.05, 0.1) is 0 Å². The van der Waals surface area contributed by atoms with Gasteiger partial charge in [0.25, 0.3) is 0 Å². The Balaban J connectivity index is 0.00000200. The zero-order valence-corrected chi connectivity index (χ0v) is 14.2. The Morgan fingerprint density at radius 1 is 1.10 bits per heavy atom. The summed E-state index contributed by atoms with van der Waals surface area (Å²) in [5, 5.41) is 0. The number of benzene rings is 1. The molecule has 1 aliphatic rings. The molecule has 20 heavy (non-hydrogen) atoms. The van der Waals surface area contributed by atoms with Crippen LogP contribution in [0.2, 0.25) is 0 Å². The van der Waals surface area contributed by atoms with Gasteiger partial charge < -0.3 is 4.90 Å². The largest absolute Gasteiger partial charge is 0.309 e. The van der Waals surface area contributed by atoms with Crippen LogP contribution in [0, 0.1) is 17.3 Å². The molecule has 2 atom stereocenters. The van der Waals surface area contributed by atoms with Gasteiger partial charge in [0.1, 0.15) is 0 Å². The summed E-state index contributed by atoms with van der Waals surface area (Å²) in [4.78, 5) is 2.36. The quantitative estimate of drug-likeness (QED) is 0.781. The summed E-state index contributed by atoms with van der Waals surface area (Å²) in [5.41, 5.74) is 2.04. The molecule has 1 nitrogen and oxygen atoms in total. The molecule has 0 unspecified atom stereocenters. The maximum Gasteiger partial charge on any atom is 0.000633 e. The summed E-state index contributed by atoms with van der Waals surface area (Å²) < 4.78 is 0. The van der Waals surface area contributed by atoms with E-state index in [1.807, 2.05) is 0 Å². The van der Waals surface area contributed by atoms with Crippen LogP contribution in [0.4, 0.5) is 0 Å². The molecule has 2 rings (SSSR count). The topological polar surface area (TPSA) is 3.24 Å². The molecule has 0 bridgehead atoms. The third-order valence-electron chi connectivity index (χ3n) is 4.61. The Bertz CT molecular complexity index is 386. The van der Waals surface area contributed by atoms with Gasteiger partial charge in [-0.15, -0.1) is 12.4 Å². The van der Waals surface area contributed by atoms with Gasteiger partial charge in [0.2, 0.25) is 0 Å². The van der Waals surface area contributed by atoms with E-state index in [4.69, 9.17) is 0 Å². The molecule has 0 heterocycles. The summed E-state index contributed by atoms with van der Waals surface area (Å²) in [6, 6.07) is 11.0. The molecule has 1 fully saturated rings. The van der Waals surface area contributed by atoms with Crippen molar-refractivity contribution in [3.63, 3.8) is 0 Å². The third kappa shape index (κ3) is 5.10. The Morgan fingerprint density at radius 3 is 2.35 bits per heavy atom. The molecule has 0 N–H and O–H groups in total. The fraction of sp³-hybridized carbons (Fsp3) is 0.667. The maximum atomic E-state index is 2.44. The van der Waals surface area contributed by atoms with E-state index < -0.39 is 0 Å². The van der Waals surface area contributed by atoms with Crippen LogP contribution in [-0.4, -0.2) is 25.5 Å². The summed E-state index contributed by atoms with van der Waals surface area (Å²) in [6.07, 6.45) is 5.41. The van der Waals surface area contributed by atoms with Crippen molar-refractivity contribution < 1.29 is 0 Å². The molecule has 0 aromatic heterocycles. The van der Waals surface area contributed by atoms with E-state index in [2.05, 4.69) is 63.2 Å². The zero-order chi connectivity index (χ0) is 13.9. The van der Waals surface area contributed by atoms with Crippen LogP contribution >= 0.6 is 12.4 Å². The SMILES string of the molecule is CN(C)C[C@@H]1CCC(C)(C)C[C@@H]1Cc1ccccc1.Cl. The predicted molar refractivity (Wildman–Crippen MR) is 90.6 cm³/mol. The smallest absolute Gasteiger partial charge is 0.000633 e. The Kier molecular flexibility index (Phi) is 6.54. The van der Waals surface area contributed by atoms with Gasteiger partial charge in [0.15, 0.2) is 0 Å². The second-order valence-electron chi connectivity index (χ2n) is 7.38. The van der Waals surface area contributed by atoms with Gasteiger partial charge >= 0.3 is 0 Å². The lowest BCUT2D eigenvalue weighted by atomic mass is 9.65. The molecule has 1 aliphatic carbocycles. The van der Waals surface area contributed by atoms with E-state index in [0.29, 0.717) is 5.41 Å². The average Bonchev–Trinajstić information content (AvgIpc) is 2.33. The summed E-state index contributed by atoms with van der Waals surface area (Å²) in [7, 11) is 4.42. The Labute approximate surface area is 131 Å². The normalized spacial score (nSPS) is 25.2. The molecule has 0 saturated heterocycles. The van der Waals surface area contributed by atoms with Crippen molar-refractivity contribution in [2.75, 3.05) is 20.6 Å². The fourth-order valence-electron chi connectivity index (χ4n) is 3.66. The molecule has 0 spiro atoms. The summed E-state index contributed by atoms with van der Waals surface area (Å²) in [6.45, 7) is 6.13. The Hall–Kier alpha value is -0.530. The minimum absolute atomic E-state index is 0. The maximum absolute atomic E-state index is 2.44. The van der Waals surface area contributed by atoms with E-state index in [0.717, 1.165) is 11.8 Å². The molecule has 2 heteroatoms. The van der Waals surface area contributed by atoms with Crippen LogP contribution in [0.25, 0.3) is 0 Å². The first-order valence-electron chi connectivity index (χ1n) is 7.65. The molecule has 0 aliphatic heterocycles. The highest BCUT2D eigenvalue weighted by Gasteiger charge is 2.34. The second-order valence-corrected chi connectivity index (χ2v) is 7.38. The van der Waals surface area contributed by atoms with Crippen molar-refractivity contribution in [1.29, 1.82) is 0 Å². The van der Waals surface area contributed by atoms with Crippen molar-refractivity contribution in [2.45, 2.75) is 39.5 Å². The second kappa shape index (κ2) is 7.47. The monoisotopic (exact) mass is 295 g/mol. The van der Waals surface area contributed by atoms with Crippen molar-refractivity contribution in [3.8, 4) is 0 Å². The molecule has 114 valence electrons. The molecular weight excluding hydrogens is 266 g/mol. The average molecular weight is 296 g/mol. The summed E-state index contributed by atoms with van der Waals surface area (Å²) in [5.74, 6) is 1.71. The van der Waals surface area contributed by atoms with Crippen LogP contribution < -0.4 is 0 Å². The van der Waals surface area contributed by atoms with Crippen molar-refractivity contribution in [3.05, 3.63) is 35.9 Å². The van der Waals surface area contributed by atoms with E-state index in [-0.39, 0.29) is 12.4 Å². The standard InChI is InChI=1S/C18H29N.ClH/c1-18(2)11-10-16(14-19(3)4)17(13-18)12-15-8-6-5-7-9-15;/h5-9,16-17H,10-14H2,1-4H3;1H/t16-,17-;/m0./s1. The van der Waals surface area contributed by atoms with Crippen molar-refractivity contribution in [1.82, 2.24) is 4.90 Å². The highest BCUT2D eigenvalue weighted by atomic mass is 35.5. The van der Waals surface area contributed by atoms with Crippen LogP contribution in [-0.2, 0) is 6.42 Å². The van der Waals surface area contributed by atoms with Crippen LogP contribution in [0.5, 0.6) is 0 Å². The minimum atomic E-state index is 0. The first-order chi connectivity index (χ1) is 8.96. The van der Waals surface area contributed by atoms with E-state index >= 15 is 0 Å². The first kappa shape index (κ1) is 17.5. The van der Waals surface area contributed by atoms with Crippen LogP contribution in [0.1, 0.15) is 38.7 Å². The van der Waals surface area contributed by atoms with Gasteiger partial charge in [-0.05, 0) is 62.6 Å². The minimum Gasteiger partial charge on any atom is -0.309 e. The predicted octanol–water partition coefficient (Wildman–Crippen LogP) is 4.66. The highest BCUT2D eigenvalue weighted by molar-refractivity contribution is 5.85. The molecule has 1 aromatic rings. The zero-order valence-electron chi connectivity index (χ0n) is 13.4. The highest BCUT2D eigenvalue weighted by Crippen LogP contribution is 2.43. The lowest BCUT2D eigenvalue weighted by Crippen LogP contribution is -2.36. The van der Waals surface area contributed by atoms with Crippen molar-refractivity contribution >= 4 is 12.4 Å². The molecule has 1 saturated carbocycles. The van der Waals surface area contributed by atoms with Gasteiger partial charge in [-0.2, -0.15) is 0 Å². The number of nitrogens with zero attached hydrogens (tertiary/aromatic N) is 1. The first-order valence-corrected chi connectivity index (χ1v) is 7.65. The van der Waals surface area contributed by atoms with E-state index in [1.54, 1.807) is 0 Å². The number of rotatable bonds is 4. The molecule has 0 amide bonds.